The maximum absolute atomic E-state index is 12.4. The zero-order chi connectivity index (χ0) is 12.6. The van der Waals surface area contributed by atoms with Gasteiger partial charge in [-0.1, -0.05) is 25.4 Å². The van der Waals surface area contributed by atoms with Crippen LogP contribution in [0.1, 0.15) is 13.8 Å². The lowest BCUT2D eigenvalue weighted by Gasteiger charge is -2.17. The van der Waals surface area contributed by atoms with Crippen molar-refractivity contribution in [3.8, 4) is 0 Å². The van der Waals surface area contributed by atoms with Gasteiger partial charge in [0.25, 0.3) is 10.0 Å². The number of halogens is 1. The van der Waals surface area contributed by atoms with Crippen LogP contribution in [0.3, 0.4) is 0 Å². The van der Waals surface area contributed by atoms with Gasteiger partial charge in [-0.15, -0.1) is 11.3 Å². The second kappa shape index (κ2) is 4.56. The zero-order valence-electron chi connectivity index (χ0n) is 9.42. The molecule has 0 unspecified atom stereocenters. The molecule has 2 heterocycles. The van der Waals surface area contributed by atoms with Crippen LogP contribution in [-0.2, 0) is 10.0 Å². The molecule has 2 rings (SSSR count). The molecule has 0 saturated carbocycles. The Morgan fingerprint density at radius 2 is 2.12 bits per heavy atom. The fourth-order valence-electron chi connectivity index (χ4n) is 1.66. The molecular weight excluding hydrogens is 282 g/mol. The Morgan fingerprint density at radius 1 is 1.47 bits per heavy atom. The molecule has 94 valence electrons. The molecule has 0 spiro atoms. The number of fused-ring (bicyclic) bond motifs is 1. The summed E-state index contributed by atoms with van der Waals surface area (Å²) < 4.78 is 27.6. The minimum Gasteiger partial charge on any atom is -0.279 e. The fourth-order valence-corrected chi connectivity index (χ4v) is 4.52. The lowest BCUT2D eigenvalue weighted by molar-refractivity contribution is 0.442. The molecule has 2 aromatic rings. The van der Waals surface area contributed by atoms with E-state index < -0.39 is 10.0 Å². The van der Waals surface area contributed by atoms with Gasteiger partial charge in [0.05, 0.1) is 0 Å². The lowest BCUT2D eigenvalue weighted by atomic mass is 10.7. The molecule has 0 aliphatic heterocycles. The van der Waals surface area contributed by atoms with Crippen molar-refractivity contribution in [2.24, 2.45) is 0 Å². The quantitative estimate of drug-likeness (QED) is 0.867. The van der Waals surface area contributed by atoms with Gasteiger partial charge >= 0.3 is 0 Å². The van der Waals surface area contributed by atoms with Gasteiger partial charge in [-0.3, -0.25) is 4.40 Å². The van der Waals surface area contributed by atoms with Crippen molar-refractivity contribution < 1.29 is 8.42 Å². The van der Waals surface area contributed by atoms with Crippen LogP contribution in [0.2, 0.25) is 5.15 Å². The molecule has 17 heavy (non-hydrogen) atoms. The summed E-state index contributed by atoms with van der Waals surface area (Å²) in [6.45, 7) is 4.40. The summed E-state index contributed by atoms with van der Waals surface area (Å²) in [5.74, 6) is 0. The normalized spacial score (nSPS) is 12.7. The Morgan fingerprint density at radius 3 is 2.71 bits per heavy atom. The SMILES string of the molecule is CCN(CC)S(=O)(=O)c1c(Cl)nc2sccn12. The van der Waals surface area contributed by atoms with Crippen LogP contribution >= 0.6 is 22.9 Å². The first-order valence-electron chi connectivity index (χ1n) is 5.13. The highest BCUT2D eigenvalue weighted by Gasteiger charge is 2.29. The summed E-state index contributed by atoms with van der Waals surface area (Å²) in [5, 5.41) is 1.86. The molecule has 0 bridgehead atoms. The molecule has 8 heteroatoms. The highest BCUT2D eigenvalue weighted by molar-refractivity contribution is 7.89. The van der Waals surface area contributed by atoms with Crippen molar-refractivity contribution in [1.29, 1.82) is 0 Å². The fraction of sp³-hybridized carbons (Fsp3) is 0.444. The van der Waals surface area contributed by atoms with E-state index in [1.807, 2.05) is 0 Å². The Labute approximate surface area is 109 Å². The van der Waals surface area contributed by atoms with Gasteiger partial charge in [0, 0.05) is 24.7 Å². The molecular formula is C9H12ClN3O2S2. The maximum Gasteiger partial charge on any atom is 0.262 e. The standard InChI is InChI=1S/C9H12ClN3O2S2/c1-3-12(4-2)17(14,15)8-7(10)11-9-13(8)5-6-16-9/h5-6H,3-4H2,1-2H3. The third-order valence-corrected chi connectivity index (χ3v) is 5.68. The van der Waals surface area contributed by atoms with E-state index in [0.29, 0.717) is 18.1 Å². The number of hydrogen-bond acceptors (Lipinski definition) is 4. The van der Waals surface area contributed by atoms with Gasteiger partial charge in [0.1, 0.15) is 0 Å². The molecule has 0 radical (unpaired) electrons. The van der Waals surface area contributed by atoms with Gasteiger partial charge in [-0.05, 0) is 0 Å². The van der Waals surface area contributed by atoms with Gasteiger partial charge in [0.15, 0.2) is 15.1 Å². The largest absolute Gasteiger partial charge is 0.279 e. The summed E-state index contributed by atoms with van der Waals surface area (Å²) in [7, 11) is -3.58. The van der Waals surface area contributed by atoms with Crippen LogP contribution < -0.4 is 0 Å². The Kier molecular flexibility index (Phi) is 3.44. The number of imidazole rings is 1. The van der Waals surface area contributed by atoms with E-state index in [-0.39, 0.29) is 10.2 Å². The van der Waals surface area contributed by atoms with Crippen molar-refractivity contribution in [3.05, 3.63) is 16.7 Å². The van der Waals surface area contributed by atoms with Crippen LogP contribution in [0.4, 0.5) is 0 Å². The molecule has 0 fully saturated rings. The Balaban J connectivity index is 2.66. The predicted octanol–water partition coefficient (Wildman–Crippen LogP) is 2.08. The number of hydrogen-bond donors (Lipinski definition) is 0. The van der Waals surface area contributed by atoms with Gasteiger partial charge in [-0.2, -0.15) is 4.31 Å². The first kappa shape index (κ1) is 12.8. The third kappa shape index (κ3) is 1.97. The summed E-state index contributed by atoms with van der Waals surface area (Å²) in [6.07, 6.45) is 1.66. The highest BCUT2D eigenvalue weighted by Crippen LogP contribution is 2.27. The highest BCUT2D eigenvalue weighted by atomic mass is 35.5. The van der Waals surface area contributed by atoms with E-state index in [4.69, 9.17) is 11.6 Å². The van der Waals surface area contributed by atoms with E-state index >= 15 is 0 Å². The number of sulfonamides is 1. The van der Waals surface area contributed by atoms with Crippen LogP contribution in [0.5, 0.6) is 0 Å². The second-order valence-electron chi connectivity index (χ2n) is 3.35. The van der Waals surface area contributed by atoms with Crippen LogP contribution in [0.15, 0.2) is 16.6 Å². The van der Waals surface area contributed by atoms with Gasteiger partial charge in [0.2, 0.25) is 0 Å². The van der Waals surface area contributed by atoms with E-state index in [9.17, 15) is 8.42 Å². The molecule has 0 aliphatic rings. The van der Waals surface area contributed by atoms with Gasteiger partial charge < -0.3 is 0 Å². The number of aromatic nitrogens is 2. The topological polar surface area (TPSA) is 54.7 Å². The first-order chi connectivity index (χ1) is 8.02. The van der Waals surface area contributed by atoms with Crippen molar-refractivity contribution in [3.63, 3.8) is 0 Å². The van der Waals surface area contributed by atoms with E-state index in [2.05, 4.69) is 4.98 Å². The number of nitrogens with zero attached hydrogens (tertiary/aromatic N) is 3. The van der Waals surface area contributed by atoms with Crippen LogP contribution in [-0.4, -0.2) is 35.2 Å². The van der Waals surface area contributed by atoms with E-state index in [1.165, 1.54) is 20.0 Å². The van der Waals surface area contributed by atoms with Gasteiger partial charge in [-0.25, -0.2) is 13.4 Å². The monoisotopic (exact) mass is 293 g/mol. The molecule has 0 aliphatic carbocycles. The summed E-state index contributed by atoms with van der Waals surface area (Å²) >= 11 is 7.27. The summed E-state index contributed by atoms with van der Waals surface area (Å²) in [6, 6.07) is 0. The predicted molar refractivity (Wildman–Crippen MR) is 68.2 cm³/mol. The number of thiazole rings is 1. The molecule has 0 N–H and O–H groups in total. The Bertz CT molecular complexity index is 628. The smallest absolute Gasteiger partial charge is 0.262 e. The van der Waals surface area contributed by atoms with Crippen molar-refractivity contribution in [2.45, 2.75) is 18.9 Å². The average molecular weight is 294 g/mol. The van der Waals surface area contributed by atoms with Crippen LogP contribution in [0.25, 0.3) is 4.96 Å². The van der Waals surface area contributed by atoms with E-state index in [0.717, 1.165) is 0 Å². The molecule has 5 nitrogen and oxygen atoms in total. The Hall–Kier alpha value is -0.630. The molecule has 0 amide bonds. The average Bonchev–Trinajstić information content (AvgIpc) is 2.77. The molecule has 2 aromatic heterocycles. The van der Waals surface area contributed by atoms with Crippen molar-refractivity contribution in [1.82, 2.24) is 13.7 Å². The minimum atomic E-state index is -3.58. The third-order valence-electron chi connectivity index (χ3n) is 2.47. The maximum atomic E-state index is 12.4. The van der Waals surface area contributed by atoms with Crippen LogP contribution in [0, 0.1) is 0 Å². The molecule has 0 atom stereocenters. The molecule has 0 aromatic carbocycles. The summed E-state index contributed by atoms with van der Waals surface area (Å²) in [5.41, 5.74) is 0. The lowest BCUT2D eigenvalue weighted by Crippen LogP contribution is -2.31. The van der Waals surface area contributed by atoms with Crippen molar-refractivity contribution in [2.75, 3.05) is 13.1 Å². The van der Waals surface area contributed by atoms with Crippen molar-refractivity contribution >= 4 is 37.9 Å². The zero-order valence-corrected chi connectivity index (χ0v) is 11.8. The summed E-state index contributed by atoms with van der Waals surface area (Å²) in [4.78, 5) is 4.62. The second-order valence-corrected chi connectivity index (χ2v) is 6.44. The van der Waals surface area contributed by atoms with E-state index in [1.54, 1.807) is 25.4 Å². The number of rotatable bonds is 4. The first-order valence-corrected chi connectivity index (χ1v) is 7.83. The minimum absolute atomic E-state index is 0.0313. The molecule has 0 saturated heterocycles.